The lowest BCUT2D eigenvalue weighted by molar-refractivity contribution is -0.116. The number of aromatic nitrogens is 1. The number of thiazole rings is 1. The van der Waals surface area contributed by atoms with Crippen molar-refractivity contribution in [1.82, 2.24) is 9.29 Å². The third-order valence-electron chi connectivity index (χ3n) is 4.66. The van der Waals surface area contributed by atoms with Gasteiger partial charge in [-0.1, -0.05) is 31.2 Å². The number of hydrogen-bond donors (Lipinski definition) is 2. The zero-order valence-electron chi connectivity index (χ0n) is 18.0. The molecule has 1 aromatic heterocycles. The second kappa shape index (κ2) is 10.0. The average molecular weight is 473 g/mol. The molecule has 0 unspecified atom stereocenters. The van der Waals surface area contributed by atoms with Crippen LogP contribution in [-0.2, 0) is 26.0 Å². The third-order valence-corrected chi connectivity index (χ3v) is 7.23. The minimum atomic E-state index is -3.87. The lowest BCUT2D eigenvalue weighted by atomic mass is 10.1. The van der Waals surface area contributed by atoms with Gasteiger partial charge in [0.25, 0.3) is 0 Å². The van der Waals surface area contributed by atoms with Crippen molar-refractivity contribution in [3.05, 3.63) is 59.5 Å². The molecule has 0 saturated carbocycles. The molecule has 0 aliphatic carbocycles. The van der Waals surface area contributed by atoms with Gasteiger partial charge in [-0.15, -0.1) is 11.3 Å². The molecular weight excluding hydrogens is 448 g/mol. The van der Waals surface area contributed by atoms with E-state index in [1.807, 2.05) is 29.6 Å². The number of sulfonamides is 1. The zero-order chi connectivity index (χ0) is 23.3. The molecule has 8 nitrogen and oxygen atoms in total. The molecule has 0 spiro atoms. The van der Waals surface area contributed by atoms with Gasteiger partial charge in [0.05, 0.1) is 17.1 Å². The van der Waals surface area contributed by atoms with Crippen LogP contribution in [0.3, 0.4) is 0 Å². The molecule has 0 aliphatic rings. The van der Waals surface area contributed by atoms with Crippen LogP contribution in [0.2, 0.25) is 0 Å². The Bertz CT molecular complexity index is 1200. The van der Waals surface area contributed by atoms with Crippen molar-refractivity contribution in [3.63, 3.8) is 0 Å². The molecule has 0 bridgehead atoms. The number of likely N-dealkylation sites (N-methyl/N-ethyl adjacent to an activating group) is 1. The predicted octanol–water partition coefficient (Wildman–Crippen LogP) is 3.59. The summed E-state index contributed by atoms with van der Waals surface area (Å²) >= 11 is 1.27. The molecular formula is C22H24N4O4S2. The maximum Gasteiger partial charge on any atom is 0.243 e. The summed E-state index contributed by atoms with van der Waals surface area (Å²) in [6, 6.07) is 13.8. The van der Waals surface area contributed by atoms with Crippen LogP contribution >= 0.6 is 11.3 Å². The number of nitrogens with one attached hydrogen (secondary N) is 2. The Morgan fingerprint density at radius 3 is 2.28 bits per heavy atom. The first-order valence-electron chi connectivity index (χ1n) is 9.87. The van der Waals surface area contributed by atoms with Crippen LogP contribution in [0.5, 0.6) is 0 Å². The van der Waals surface area contributed by atoms with E-state index in [0.717, 1.165) is 22.0 Å². The molecule has 168 valence electrons. The Kier molecular flexibility index (Phi) is 7.39. The van der Waals surface area contributed by atoms with E-state index in [1.165, 1.54) is 55.1 Å². The Hall–Kier alpha value is -3.08. The Morgan fingerprint density at radius 1 is 1.03 bits per heavy atom. The second-order valence-electron chi connectivity index (χ2n) is 7.10. The van der Waals surface area contributed by atoms with Crippen LogP contribution in [0.4, 0.5) is 10.8 Å². The highest BCUT2D eigenvalue weighted by Gasteiger charge is 2.23. The van der Waals surface area contributed by atoms with E-state index in [9.17, 15) is 18.0 Å². The van der Waals surface area contributed by atoms with Crippen molar-refractivity contribution in [2.75, 3.05) is 24.2 Å². The molecule has 3 aromatic rings. The molecule has 0 fully saturated rings. The fourth-order valence-electron chi connectivity index (χ4n) is 2.91. The first kappa shape index (κ1) is 23.6. The molecule has 2 aromatic carbocycles. The Balaban J connectivity index is 1.62. The fraction of sp³-hybridized carbons (Fsp3) is 0.227. The van der Waals surface area contributed by atoms with Gasteiger partial charge in [-0.05, 0) is 36.2 Å². The van der Waals surface area contributed by atoms with Gasteiger partial charge >= 0.3 is 0 Å². The summed E-state index contributed by atoms with van der Waals surface area (Å²) in [4.78, 5) is 27.9. The lowest BCUT2D eigenvalue weighted by Crippen LogP contribution is -2.34. The molecule has 3 rings (SSSR count). The summed E-state index contributed by atoms with van der Waals surface area (Å²) in [7, 11) is -2.54. The van der Waals surface area contributed by atoms with E-state index < -0.39 is 15.9 Å². The van der Waals surface area contributed by atoms with Crippen LogP contribution in [0.15, 0.2) is 58.8 Å². The minimum absolute atomic E-state index is 0.0222. The van der Waals surface area contributed by atoms with Crippen LogP contribution < -0.4 is 10.6 Å². The highest BCUT2D eigenvalue weighted by Crippen LogP contribution is 2.25. The number of carbonyl (C=O) groups excluding carboxylic acids is 2. The van der Waals surface area contributed by atoms with E-state index in [0.29, 0.717) is 10.8 Å². The van der Waals surface area contributed by atoms with E-state index in [4.69, 9.17) is 0 Å². The summed E-state index contributed by atoms with van der Waals surface area (Å²) in [5, 5.41) is 7.47. The summed E-state index contributed by atoms with van der Waals surface area (Å²) in [6.45, 7) is 3.09. The summed E-state index contributed by atoms with van der Waals surface area (Å²) in [6.07, 6.45) is 0.953. The lowest BCUT2D eigenvalue weighted by Gasteiger charge is -2.16. The van der Waals surface area contributed by atoms with Crippen molar-refractivity contribution in [1.29, 1.82) is 0 Å². The Labute approximate surface area is 191 Å². The van der Waals surface area contributed by atoms with Gasteiger partial charge in [-0.3, -0.25) is 9.59 Å². The number of aryl methyl sites for hydroxylation is 1. The minimum Gasteiger partial charge on any atom is -0.326 e. The Morgan fingerprint density at radius 2 is 1.69 bits per heavy atom. The summed E-state index contributed by atoms with van der Waals surface area (Å²) in [5.74, 6) is -0.745. The fourth-order valence-corrected chi connectivity index (χ4v) is 4.78. The van der Waals surface area contributed by atoms with Gasteiger partial charge in [0.1, 0.15) is 0 Å². The number of amides is 2. The molecule has 0 atom stereocenters. The van der Waals surface area contributed by atoms with Gasteiger partial charge in [-0.2, -0.15) is 4.31 Å². The maximum atomic E-state index is 12.7. The highest BCUT2D eigenvalue weighted by atomic mass is 32.2. The smallest absolute Gasteiger partial charge is 0.243 e. The van der Waals surface area contributed by atoms with Crippen LogP contribution in [0, 0.1) is 0 Å². The monoisotopic (exact) mass is 472 g/mol. The molecule has 10 heteroatoms. The first-order valence-corrected chi connectivity index (χ1v) is 12.2. The largest absolute Gasteiger partial charge is 0.326 e. The third kappa shape index (κ3) is 5.78. The molecule has 0 aliphatic heterocycles. The van der Waals surface area contributed by atoms with Gasteiger partial charge in [-0.25, -0.2) is 13.4 Å². The zero-order valence-corrected chi connectivity index (χ0v) is 19.6. The molecule has 0 saturated heterocycles. The van der Waals surface area contributed by atoms with E-state index in [2.05, 4.69) is 22.5 Å². The summed E-state index contributed by atoms with van der Waals surface area (Å²) < 4.78 is 26.4. The predicted molar refractivity (Wildman–Crippen MR) is 126 cm³/mol. The number of rotatable bonds is 8. The van der Waals surface area contributed by atoms with Crippen molar-refractivity contribution >= 4 is 44.0 Å². The standard InChI is InChI=1S/C22H24N4O4S2/c1-4-16-5-7-17(8-6-16)20-14-31-22(24-20)25-21(28)13-26(3)32(29,30)19-11-9-18(10-12-19)23-15(2)27/h5-12,14H,4,13H2,1-3H3,(H,23,27)(H,24,25,28). The van der Waals surface area contributed by atoms with Gasteiger partial charge < -0.3 is 10.6 Å². The number of nitrogens with zero attached hydrogens (tertiary/aromatic N) is 2. The van der Waals surface area contributed by atoms with Crippen molar-refractivity contribution in [2.45, 2.75) is 25.2 Å². The molecule has 2 N–H and O–H groups in total. The van der Waals surface area contributed by atoms with Crippen LogP contribution in [0.1, 0.15) is 19.4 Å². The quantitative estimate of drug-likeness (QED) is 0.521. The SMILES string of the molecule is CCc1ccc(-c2csc(NC(=O)CN(C)S(=O)(=O)c3ccc(NC(C)=O)cc3)n2)cc1. The second-order valence-corrected chi connectivity index (χ2v) is 10.0. The molecule has 2 amide bonds. The number of anilines is 2. The average Bonchev–Trinajstić information content (AvgIpc) is 3.22. The van der Waals surface area contributed by atoms with Gasteiger partial charge in [0, 0.05) is 30.6 Å². The van der Waals surface area contributed by atoms with Gasteiger partial charge in [0.15, 0.2) is 5.13 Å². The van der Waals surface area contributed by atoms with E-state index in [1.54, 1.807) is 0 Å². The first-order chi connectivity index (χ1) is 15.2. The summed E-state index contributed by atoms with van der Waals surface area (Å²) in [5.41, 5.74) is 3.40. The van der Waals surface area contributed by atoms with Crippen molar-refractivity contribution in [3.8, 4) is 11.3 Å². The number of benzene rings is 2. The molecule has 32 heavy (non-hydrogen) atoms. The van der Waals surface area contributed by atoms with E-state index in [-0.39, 0.29) is 17.3 Å². The van der Waals surface area contributed by atoms with Gasteiger partial charge in [0.2, 0.25) is 21.8 Å². The van der Waals surface area contributed by atoms with Crippen LogP contribution in [-0.4, -0.2) is 43.1 Å². The highest BCUT2D eigenvalue weighted by molar-refractivity contribution is 7.89. The van der Waals surface area contributed by atoms with Crippen molar-refractivity contribution < 1.29 is 18.0 Å². The molecule has 0 radical (unpaired) electrons. The number of hydrogen-bond acceptors (Lipinski definition) is 6. The topological polar surface area (TPSA) is 108 Å². The van der Waals surface area contributed by atoms with E-state index >= 15 is 0 Å². The van der Waals surface area contributed by atoms with Crippen molar-refractivity contribution in [2.24, 2.45) is 0 Å². The van der Waals surface area contributed by atoms with Crippen LogP contribution in [0.25, 0.3) is 11.3 Å². The molecule has 1 heterocycles. The normalized spacial score (nSPS) is 11.4. The maximum absolute atomic E-state index is 12.7. The number of carbonyl (C=O) groups is 2.